The Bertz CT molecular complexity index is 717. The summed E-state index contributed by atoms with van der Waals surface area (Å²) >= 11 is 0. The molecule has 1 N–H and O–H groups in total. The summed E-state index contributed by atoms with van der Waals surface area (Å²) < 4.78 is 54.2. The molecule has 0 spiro atoms. The Kier molecular flexibility index (Phi) is 5.17. The standard InChI is InChI=1S/C14H13F4N3O3/c1-21(6-5-10-19-13(24-20-10)14(16,17)18)12(23)11(22)8-3-2-4-9(15)7-8/h2-4,7,11,22H,5-6H2,1H3. The number of amides is 1. The predicted octanol–water partition coefficient (Wildman–Crippen LogP) is 1.96. The lowest BCUT2D eigenvalue weighted by Gasteiger charge is -2.20. The van der Waals surface area contributed by atoms with Gasteiger partial charge in [0.1, 0.15) is 5.82 Å². The molecule has 2 aromatic rings. The zero-order chi connectivity index (χ0) is 17.9. The summed E-state index contributed by atoms with van der Waals surface area (Å²) in [6.07, 6.45) is -6.42. The second kappa shape index (κ2) is 6.95. The van der Waals surface area contributed by atoms with E-state index in [1.165, 1.54) is 25.2 Å². The van der Waals surface area contributed by atoms with Crippen molar-refractivity contribution in [3.8, 4) is 0 Å². The van der Waals surface area contributed by atoms with Gasteiger partial charge in [0.2, 0.25) is 0 Å². The Morgan fingerprint density at radius 3 is 2.71 bits per heavy atom. The lowest BCUT2D eigenvalue weighted by molar-refractivity contribution is -0.159. The highest BCUT2D eigenvalue weighted by Crippen LogP contribution is 2.27. The van der Waals surface area contributed by atoms with E-state index in [9.17, 15) is 27.5 Å². The number of hydrogen-bond acceptors (Lipinski definition) is 5. The summed E-state index contributed by atoms with van der Waals surface area (Å²) in [4.78, 5) is 16.3. The van der Waals surface area contributed by atoms with Crippen molar-refractivity contribution in [3.05, 3.63) is 47.4 Å². The number of aromatic nitrogens is 2. The first-order chi connectivity index (χ1) is 11.2. The zero-order valence-electron chi connectivity index (χ0n) is 12.4. The minimum atomic E-state index is -4.74. The van der Waals surface area contributed by atoms with Crippen LogP contribution in [0.4, 0.5) is 17.6 Å². The topological polar surface area (TPSA) is 79.5 Å². The molecule has 2 rings (SSSR count). The van der Waals surface area contributed by atoms with Crippen LogP contribution in [0, 0.1) is 5.82 Å². The van der Waals surface area contributed by atoms with Crippen LogP contribution < -0.4 is 0 Å². The van der Waals surface area contributed by atoms with Crippen molar-refractivity contribution in [1.29, 1.82) is 0 Å². The van der Waals surface area contributed by atoms with E-state index >= 15 is 0 Å². The molecule has 0 radical (unpaired) electrons. The first-order valence-corrected chi connectivity index (χ1v) is 6.77. The number of alkyl halides is 3. The smallest absolute Gasteiger partial charge is 0.378 e. The van der Waals surface area contributed by atoms with Crippen molar-refractivity contribution in [1.82, 2.24) is 15.0 Å². The van der Waals surface area contributed by atoms with Gasteiger partial charge in [0.25, 0.3) is 5.91 Å². The van der Waals surface area contributed by atoms with Crippen LogP contribution in [0.2, 0.25) is 0 Å². The van der Waals surface area contributed by atoms with E-state index in [2.05, 4.69) is 14.7 Å². The minimum absolute atomic E-state index is 0.0535. The Balaban J connectivity index is 1.95. The summed E-state index contributed by atoms with van der Waals surface area (Å²) in [5.41, 5.74) is 0.0748. The third-order valence-corrected chi connectivity index (χ3v) is 3.16. The van der Waals surface area contributed by atoms with Crippen LogP contribution in [0.1, 0.15) is 23.4 Å². The van der Waals surface area contributed by atoms with Crippen LogP contribution in [0.3, 0.4) is 0 Å². The molecular formula is C14H13F4N3O3. The maximum atomic E-state index is 13.1. The predicted molar refractivity (Wildman–Crippen MR) is 72.0 cm³/mol. The van der Waals surface area contributed by atoms with E-state index in [1.807, 2.05) is 0 Å². The van der Waals surface area contributed by atoms with Crippen molar-refractivity contribution in [3.63, 3.8) is 0 Å². The molecule has 10 heteroatoms. The highest BCUT2D eigenvalue weighted by Gasteiger charge is 2.38. The first kappa shape index (κ1) is 17.9. The van der Waals surface area contributed by atoms with Crippen LogP contribution in [0.15, 0.2) is 28.8 Å². The van der Waals surface area contributed by atoms with E-state index in [-0.39, 0.29) is 24.4 Å². The van der Waals surface area contributed by atoms with E-state index in [0.29, 0.717) is 0 Å². The Morgan fingerprint density at radius 1 is 1.42 bits per heavy atom. The van der Waals surface area contributed by atoms with E-state index < -0.39 is 29.9 Å². The molecule has 24 heavy (non-hydrogen) atoms. The highest BCUT2D eigenvalue weighted by atomic mass is 19.4. The summed E-state index contributed by atoms with van der Waals surface area (Å²) in [6.45, 7) is -0.0535. The van der Waals surface area contributed by atoms with Gasteiger partial charge in [0, 0.05) is 20.0 Å². The first-order valence-electron chi connectivity index (χ1n) is 6.77. The van der Waals surface area contributed by atoms with Crippen LogP contribution >= 0.6 is 0 Å². The van der Waals surface area contributed by atoms with Gasteiger partial charge in [-0.05, 0) is 17.7 Å². The van der Waals surface area contributed by atoms with Gasteiger partial charge < -0.3 is 14.5 Å². The largest absolute Gasteiger partial charge is 0.471 e. The van der Waals surface area contributed by atoms with Crippen molar-refractivity contribution >= 4 is 5.91 Å². The average molecular weight is 347 g/mol. The lowest BCUT2D eigenvalue weighted by atomic mass is 10.1. The molecule has 1 heterocycles. The van der Waals surface area contributed by atoms with Gasteiger partial charge >= 0.3 is 12.1 Å². The summed E-state index contributed by atoms with van der Waals surface area (Å²) in [6, 6.07) is 4.91. The van der Waals surface area contributed by atoms with Crippen molar-refractivity contribution in [2.24, 2.45) is 0 Å². The number of likely N-dealkylation sites (N-methyl/N-ethyl adjacent to an activating group) is 1. The molecule has 0 aliphatic rings. The molecule has 0 fully saturated rings. The molecule has 1 aromatic heterocycles. The summed E-state index contributed by atoms with van der Waals surface area (Å²) in [5, 5.41) is 13.1. The number of benzene rings is 1. The zero-order valence-corrected chi connectivity index (χ0v) is 12.4. The van der Waals surface area contributed by atoms with Crippen LogP contribution in [0.5, 0.6) is 0 Å². The molecule has 0 saturated heterocycles. The van der Waals surface area contributed by atoms with Gasteiger partial charge in [-0.3, -0.25) is 4.79 Å². The minimum Gasteiger partial charge on any atom is -0.378 e. The fourth-order valence-corrected chi connectivity index (χ4v) is 1.88. The number of aliphatic hydroxyl groups excluding tert-OH is 1. The highest BCUT2D eigenvalue weighted by molar-refractivity contribution is 5.81. The molecule has 1 aromatic carbocycles. The van der Waals surface area contributed by atoms with Gasteiger partial charge in [0.05, 0.1) is 0 Å². The number of nitrogens with zero attached hydrogens (tertiary/aromatic N) is 3. The molecule has 0 aliphatic heterocycles. The van der Waals surface area contributed by atoms with Gasteiger partial charge in [-0.15, -0.1) is 0 Å². The molecule has 1 atom stereocenters. The molecular weight excluding hydrogens is 334 g/mol. The monoisotopic (exact) mass is 347 g/mol. The molecule has 1 unspecified atom stereocenters. The number of halogens is 4. The maximum absolute atomic E-state index is 13.1. The van der Waals surface area contributed by atoms with Crippen molar-refractivity contribution < 1.29 is 32.0 Å². The number of hydrogen-bond donors (Lipinski definition) is 1. The van der Waals surface area contributed by atoms with Crippen molar-refractivity contribution in [2.45, 2.75) is 18.7 Å². The van der Waals surface area contributed by atoms with Gasteiger partial charge in [-0.1, -0.05) is 17.3 Å². The Morgan fingerprint density at radius 2 is 2.12 bits per heavy atom. The molecule has 0 bridgehead atoms. The number of rotatable bonds is 5. The Labute approximate surface area is 133 Å². The van der Waals surface area contributed by atoms with Crippen LogP contribution in [-0.4, -0.2) is 39.6 Å². The van der Waals surface area contributed by atoms with Crippen LogP contribution in [-0.2, 0) is 17.4 Å². The second-order valence-corrected chi connectivity index (χ2v) is 4.98. The van der Waals surface area contributed by atoms with E-state index in [4.69, 9.17) is 0 Å². The second-order valence-electron chi connectivity index (χ2n) is 4.98. The van der Waals surface area contributed by atoms with Gasteiger partial charge in [-0.25, -0.2) is 4.39 Å². The van der Waals surface area contributed by atoms with Gasteiger partial charge in [-0.2, -0.15) is 18.2 Å². The SMILES string of the molecule is CN(CCc1noc(C(F)(F)F)n1)C(=O)C(O)c1cccc(F)c1. The number of carbonyl (C=O) groups excluding carboxylic acids is 1. The fourth-order valence-electron chi connectivity index (χ4n) is 1.88. The number of carbonyl (C=O) groups is 1. The Hall–Kier alpha value is -2.49. The molecule has 0 saturated carbocycles. The number of aliphatic hydroxyl groups is 1. The third kappa shape index (κ3) is 4.28. The molecule has 1 amide bonds. The van der Waals surface area contributed by atoms with Crippen molar-refractivity contribution in [2.75, 3.05) is 13.6 Å². The lowest BCUT2D eigenvalue weighted by Crippen LogP contribution is -2.33. The van der Waals surface area contributed by atoms with Gasteiger partial charge in [0.15, 0.2) is 11.9 Å². The summed E-state index contributed by atoms with van der Waals surface area (Å²) in [5.74, 6) is -3.03. The van der Waals surface area contributed by atoms with Crippen LogP contribution in [0.25, 0.3) is 0 Å². The molecule has 6 nitrogen and oxygen atoms in total. The molecule has 0 aliphatic carbocycles. The maximum Gasteiger partial charge on any atom is 0.471 e. The normalized spacial score (nSPS) is 12.9. The molecule has 130 valence electrons. The fraction of sp³-hybridized carbons (Fsp3) is 0.357. The van der Waals surface area contributed by atoms with E-state index in [0.717, 1.165) is 11.0 Å². The van der Waals surface area contributed by atoms with E-state index in [1.54, 1.807) is 0 Å². The third-order valence-electron chi connectivity index (χ3n) is 3.16. The quantitative estimate of drug-likeness (QED) is 0.837. The average Bonchev–Trinajstić information content (AvgIpc) is 3.00. The summed E-state index contributed by atoms with van der Waals surface area (Å²) in [7, 11) is 1.34.